The lowest BCUT2D eigenvalue weighted by atomic mass is 10.2. The smallest absolute Gasteiger partial charge is 0.413 e. The molecule has 5 nitrogen and oxygen atoms in total. The van der Waals surface area contributed by atoms with Crippen molar-refractivity contribution in [2.75, 3.05) is 11.9 Å². The number of ether oxygens (including phenoxy) is 1. The van der Waals surface area contributed by atoms with Crippen molar-refractivity contribution < 1.29 is 9.53 Å². The van der Waals surface area contributed by atoms with Crippen molar-refractivity contribution in [3.63, 3.8) is 0 Å². The summed E-state index contributed by atoms with van der Waals surface area (Å²) >= 11 is 1.29. The van der Waals surface area contributed by atoms with Gasteiger partial charge in [-0.1, -0.05) is 61.6 Å². The second-order valence-corrected chi connectivity index (χ2v) is 5.82. The molecule has 0 aliphatic carbocycles. The highest BCUT2D eigenvalue weighted by molar-refractivity contribution is 7.16. The van der Waals surface area contributed by atoms with Gasteiger partial charge in [-0.3, -0.25) is 5.32 Å². The quantitative estimate of drug-likeness (QED) is 0.909. The van der Waals surface area contributed by atoms with E-state index in [0.29, 0.717) is 17.7 Å². The monoisotopic (exact) mass is 303 g/mol. The molecule has 6 heteroatoms. The number of carbonyl (C=O) groups excluding carboxylic acids is 1. The van der Waals surface area contributed by atoms with Crippen LogP contribution in [-0.4, -0.2) is 22.9 Å². The zero-order valence-corrected chi connectivity index (χ0v) is 12.8. The van der Waals surface area contributed by atoms with Gasteiger partial charge in [0.15, 0.2) is 0 Å². The van der Waals surface area contributed by atoms with E-state index in [1.165, 1.54) is 11.3 Å². The van der Waals surface area contributed by atoms with Gasteiger partial charge in [0.25, 0.3) is 0 Å². The lowest BCUT2D eigenvalue weighted by Crippen LogP contribution is -2.16. The number of aromatic nitrogens is 2. The predicted octanol–water partition coefficient (Wildman–Crippen LogP) is 3.91. The molecule has 0 spiro atoms. The van der Waals surface area contributed by atoms with Crippen LogP contribution in [0.5, 0.6) is 0 Å². The van der Waals surface area contributed by atoms with Crippen molar-refractivity contribution >= 4 is 34.7 Å². The molecule has 0 radical (unpaired) electrons. The van der Waals surface area contributed by atoms with Crippen molar-refractivity contribution in [2.45, 2.75) is 13.8 Å². The second-order valence-electron chi connectivity index (χ2n) is 4.81. The van der Waals surface area contributed by atoms with Crippen LogP contribution in [0.3, 0.4) is 0 Å². The zero-order chi connectivity index (χ0) is 15.1. The Hall–Kier alpha value is -2.21. The Bertz CT molecular complexity index is 608. The van der Waals surface area contributed by atoms with Crippen molar-refractivity contribution in [3.8, 4) is 0 Å². The fourth-order valence-electron chi connectivity index (χ4n) is 1.45. The molecule has 110 valence electrons. The number of hydrogen-bond donors (Lipinski definition) is 1. The van der Waals surface area contributed by atoms with Crippen molar-refractivity contribution in [2.24, 2.45) is 5.92 Å². The highest BCUT2D eigenvalue weighted by Gasteiger charge is 2.08. The topological polar surface area (TPSA) is 64.1 Å². The molecule has 0 unspecified atom stereocenters. The van der Waals surface area contributed by atoms with E-state index in [2.05, 4.69) is 15.5 Å². The van der Waals surface area contributed by atoms with E-state index in [-0.39, 0.29) is 0 Å². The lowest BCUT2D eigenvalue weighted by molar-refractivity contribution is 0.147. The van der Waals surface area contributed by atoms with Gasteiger partial charge in [0.1, 0.15) is 5.01 Å². The third-order valence-electron chi connectivity index (χ3n) is 2.42. The zero-order valence-electron chi connectivity index (χ0n) is 11.9. The molecule has 1 N–H and O–H groups in total. The molecule has 0 saturated heterocycles. The lowest BCUT2D eigenvalue weighted by Gasteiger charge is -2.06. The molecule has 0 fully saturated rings. The number of benzene rings is 1. The predicted molar refractivity (Wildman–Crippen MR) is 85.1 cm³/mol. The summed E-state index contributed by atoms with van der Waals surface area (Å²) in [4.78, 5) is 11.5. The van der Waals surface area contributed by atoms with Crippen LogP contribution in [0.1, 0.15) is 24.4 Å². The number of hydrogen-bond acceptors (Lipinski definition) is 5. The summed E-state index contributed by atoms with van der Waals surface area (Å²) in [5.41, 5.74) is 1.08. The molecule has 0 aliphatic rings. The first kappa shape index (κ1) is 15.2. The van der Waals surface area contributed by atoms with Crippen LogP contribution in [0, 0.1) is 5.92 Å². The number of carbonyl (C=O) groups is 1. The molecule has 0 atom stereocenters. The SMILES string of the molecule is CC(C)COC(=O)Nc1nnc(C=Cc2ccccc2)s1. The van der Waals surface area contributed by atoms with Gasteiger partial charge in [0.2, 0.25) is 5.13 Å². The molecular formula is C15H17N3O2S. The Labute approximate surface area is 127 Å². The van der Waals surface area contributed by atoms with E-state index in [1.807, 2.05) is 56.3 Å². The first-order valence-corrected chi connectivity index (χ1v) is 7.45. The molecule has 2 rings (SSSR count). The van der Waals surface area contributed by atoms with Gasteiger partial charge in [-0.05, 0) is 17.6 Å². The number of amides is 1. The molecular weight excluding hydrogens is 286 g/mol. The minimum Gasteiger partial charge on any atom is -0.449 e. The largest absolute Gasteiger partial charge is 0.449 e. The third-order valence-corrected chi connectivity index (χ3v) is 3.22. The standard InChI is InChI=1S/C15H17N3O2S/c1-11(2)10-20-15(19)16-14-18-17-13(21-14)9-8-12-6-4-3-5-7-12/h3-9,11H,10H2,1-2H3,(H,16,18,19). The number of rotatable bonds is 5. The first-order valence-electron chi connectivity index (χ1n) is 6.64. The minimum atomic E-state index is -0.501. The average Bonchev–Trinajstić information content (AvgIpc) is 2.91. The molecule has 1 amide bonds. The van der Waals surface area contributed by atoms with Gasteiger partial charge >= 0.3 is 6.09 Å². The van der Waals surface area contributed by atoms with Crippen molar-refractivity contribution in [3.05, 3.63) is 40.9 Å². The summed E-state index contributed by atoms with van der Waals surface area (Å²) in [5.74, 6) is 0.300. The Balaban J connectivity index is 1.89. The van der Waals surface area contributed by atoms with E-state index in [1.54, 1.807) is 0 Å². The average molecular weight is 303 g/mol. The van der Waals surface area contributed by atoms with Gasteiger partial charge in [-0.15, -0.1) is 10.2 Å². The van der Waals surface area contributed by atoms with Gasteiger partial charge in [0.05, 0.1) is 6.61 Å². The van der Waals surface area contributed by atoms with Gasteiger partial charge in [0, 0.05) is 0 Å². The van der Waals surface area contributed by atoms with Gasteiger partial charge in [-0.2, -0.15) is 0 Å². The van der Waals surface area contributed by atoms with Crippen LogP contribution < -0.4 is 5.32 Å². The fourth-order valence-corrected chi connectivity index (χ4v) is 2.08. The maximum atomic E-state index is 11.5. The van der Waals surface area contributed by atoms with Crippen LogP contribution in [0.15, 0.2) is 30.3 Å². The van der Waals surface area contributed by atoms with Crippen LogP contribution in [0.2, 0.25) is 0 Å². The maximum absolute atomic E-state index is 11.5. The number of anilines is 1. The third kappa shape index (κ3) is 5.35. The molecule has 1 aromatic carbocycles. The van der Waals surface area contributed by atoms with Crippen molar-refractivity contribution in [1.82, 2.24) is 10.2 Å². The Morgan fingerprint density at radius 3 is 2.76 bits per heavy atom. The van der Waals surface area contributed by atoms with E-state index in [4.69, 9.17) is 4.74 Å². The van der Waals surface area contributed by atoms with E-state index in [0.717, 1.165) is 10.6 Å². The van der Waals surface area contributed by atoms with Gasteiger partial charge < -0.3 is 4.74 Å². The normalized spacial score (nSPS) is 11.0. The van der Waals surface area contributed by atoms with Gasteiger partial charge in [-0.25, -0.2) is 4.79 Å². The first-order chi connectivity index (χ1) is 10.1. The van der Waals surface area contributed by atoms with Crippen LogP contribution in [0.4, 0.5) is 9.93 Å². The van der Waals surface area contributed by atoms with Crippen LogP contribution in [0.25, 0.3) is 12.2 Å². The van der Waals surface area contributed by atoms with Crippen LogP contribution in [-0.2, 0) is 4.74 Å². The van der Waals surface area contributed by atoms with Crippen LogP contribution >= 0.6 is 11.3 Å². The summed E-state index contributed by atoms with van der Waals surface area (Å²) in [7, 11) is 0. The second kappa shape index (κ2) is 7.54. The summed E-state index contributed by atoms with van der Waals surface area (Å²) in [6, 6.07) is 9.90. The van der Waals surface area contributed by atoms with E-state index >= 15 is 0 Å². The Morgan fingerprint density at radius 2 is 2.05 bits per heavy atom. The Kier molecular flexibility index (Phi) is 5.45. The summed E-state index contributed by atoms with van der Waals surface area (Å²) in [6.07, 6.45) is 3.30. The summed E-state index contributed by atoms with van der Waals surface area (Å²) < 4.78 is 5.02. The Morgan fingerprint density at radius 1 is 1.29 bits per heavy atom. The molecule has 21 heavy (non-hydrogen) atoms. The van der Waals surface area contributed by atoms with E-state index in [9.17, 15) is 4.79 Å². The van der Waals surface area contributed by atoms with Crippen molar-refractivity contribution in [1.29, 1.82) is 0 Å². The highest BCUT2D eigenvalue weighted by atomic mass is 32.1. The molecule has 1 aromatic heterocycles. The summed E-state index contributed by atoms with van der Waals surface area (Å²) in [5, 5.41) is 11.6. The maximum Gasteiger partial charge on any atom is 0.413 e. The molecule has 1 heterocycles. The number of nitrogens with zero attached hydrogens (tertiary/aromatic N) is 2. The highest BCUT2D eigenvalue weighted by Crippen LogP contribution is 2.18. The molecule has 0 saturated carbocycles. The molecule has 0 bridgehead atoms. The summed E-state index contributed by atoms with van der Waals surface area (Å²) in [6.45, 7) is 4.33. The number of nitrogens with one attached hydrogen (secondary N) is 1. The minimum absolute atomic E-state index is 0.300. The molecule has 2 aromatic rings. The van der Waals surface area contributed by atoms with E-state index < -0.39 is 6.09 Å². The molecule has 0 aliphatic heterocycles. The fraction of sp³-hybridized carbons (Fsp3) is 0.267.